The SMILES string of the molecule is C=C1C(=O)[C@@]23CC(=O)[C@@H]4C(C)(C)[C@@H](OC(C)=O)CC(O)C4(C)[C@@H]2[C@@H](OC(C)=O)C[C@@H]1C3. The Balaban J connectivity index is 1.88. The molecule has 2 bridgehead atoms. The van der Waals surface area contributed by atoms with Gasteiger partial charge in [-0.15, -0.1) is 0 Å². The number of Topliss-reactive ketones (excluding diaryl/α,β-unsaturated/α-hetero) is 2. The highest BCUT2D eigenvalue weighted by molar-refractivity contribution is 6.06. The summed E-state index contributed by atoms with van der Waals surface area (Å²) in [7, 11) is 0. The molecule has 0 amide bonds. The third-order valence-electron chi connectivity index (χ3n) is 8.79. The van der Waals surface area contributed by atoms with Gasteiger partial charge in [0.2, 0.25) is 0 Å². The number of fused-ring (bicyclic) bond motifs is 3. The summed E-state index contributed by atoms with van der Waals surface area (Å²) < 4.78 is 11.3. The first-order valence-corrected chi connectivity index (χ1v) is 11.1. The van der Waals surface area contributed by atoms with Crippen LogP contribution in [0, 0.1) is 34.0 Å². The Morgan fingerprint density at radius 3 is 2.26 bits per heavy atom. The monoisotopic (exact) mass is 432 g/mol. The van der Waals surface area contributed by atoms with Crippen molar-refractivity contribution in [2.45, 2.75) is 78.6 Å². The van der Waals surface area contributed by atoms with Crippen LogP contribution in [0.2, 0.25) is 0 Å². The maximum Gasteiger partial charge on any atom is 0.302 e. The minimum absolute atomic E-state index is 0.0347. The third-order valence-corrected chi connectivity index (χ3v) is 8.79. The van der Waals surface area contributed by atoms with E-state index in [1.165, 1.54) is 13.8 Å². The van der Waals surface area contributed by atoms with E-state index >= 15 is 0 Å². The topological polar surface area (TPSA) is 107 Å². The van der Waals surface area contributed by atoms with Crippen LogP contribution in [0.15, 0.2) is 12.2 Å². The molecule has 0 aromatic heterocycles. The first kappa shape index (κ1) is 22.2. The van der Waals surface area contributed by atoms with E-state index < -0.39 is 58.3 Å². The molecule has 1 spiro atoms. The number of esters is 2. The van der Waals surface area contributed by atoms with Crippen molar-refractivity contribution in [1.82, 2.24) is 0 Å². The van der Waals surface area contributed by atoms with Crippen molar-refractivity contribution in [2.75, 3.05) is 0 Å². The van der Waals surface area contributed by atoms with Gasteiger partial charge in [-0.05, 0) is 24.3 Å². The third kappa shape index (κ3) is 2.81. The largest absolute Gasteiger partial charge is 0.462 e. The van der Waals surface area contributed by atoms with E-state index in [9.17, 15) is 24.3 Å². The normalized spacial score (nSPS) is 45.5. The van der Waals surface area contributed by atoms with Crippen LogP contribution in [0.5, 0.6) is 0 Å². The van der Waals surface area contributed by atoms with Crippen LogP contribution in [0.3, 0.4) is 0 Å². The molecule has 4 aliphatic rings. The molecule has 0 saturated heterocycles. The van der Waals surface area contributed by atoms with Crippen molar-refractivity contribution >= 4 is 23.5 Å². The molecule has 31 heavy (non-hydrogen) atoms. The molecule has 0 heterocycles. The van der Waals surface area contributed by atoms with Crippen LogP contribution in [0.25, 0.3) is 0 Å². The van der Waals surface area contributed by atoms with Crippen molar-refractivity contribution in [1.29, 1.82) is 0 Å². The lowest BCUT2D eigenvalue weighted by molar-refractivity contribution is -0.244. The molecule has 2 unspecified atom stereocenters. The number of carbonyl (C=O) groups is 4. The number of rotatable bonds is 2. The summed E-state index contributed by atoms with van der Waals surface area (Å²) in [4.78, 5) is 50.9. The Morgan fingerprint density at radius 1 is 1.06 bits per heavy atom. The molecular formula is C24H32O7. The fourth-order valence-corrected chi connectivity index (χ4v) is 7.92. The van der Waals surface area contributed by atoms with Gasteiger partial charge in [-0.25, -0.2) is 0 Å². The van der Waals surface area contributed by atoms with Gasteiger partial charge < -0.3 is 14.6 Å². The number of ether oxygens (including phenoxy) is 2. The molecule has 1 N–H and O–H groups in total. The summed E-state index contributed by atoms with van der Waals surface area (Å²) in [5.74, 6) is -2.43. The Hall–Kier alpha value is -2.02. The summed E-state index contributed by atoms with van der Waals surface area (Å²) in [5.41, 5.74) is -2.28. The molecule has 7 heteroatoms. The fourth-order valence-electron chi connectivity index (χ4n) is 7.92. The van der Waals surface area contributed by atoms with Gasteiger partial charge in [-0.1, -0.05) is 27.4 Å². The molecule has 7 nitrogen and oxygen atoms in total. The average molecular weight is 433 g/mol. The highest BCUT2D eigenvalue weighted by Crippen LogP contribution is 2.70. The standard InChI is InChI=1S/C24H32O7/c1-11-14-7-16(30-12(2)25)20-23(6)17(28)8-18(31-13(3)26)22(4,5)19(23)15(27)10-24(20,9-14)21(11)29/h14,16-20,28H,1,7-10H2,2-6H3/t14-,16+,17?,18+,19-,20+,23?,24+/m1/s1. The maximum atomic E-state index is 13.7. The molecule has 170 valence electrons. The summed E-state index contributed by atoms with van der Waals surface area (Å²) in [5, 5.41) is 11.4. The van der Waals surface area contributed by atoms with E-state index in [2.05, 4.69) is 6.58 Å². The van der Waals surface area contributed by atoms with Crippen LogP contribution in [0.1, 0.15) is 60.3 Å². The van der Waals surface area contributed by atoms with Crippen molar-refractivity contribution in [2.24, 2.45) is 34.0 Å². The van der Waals surface area contributed by atoms with E-state index in [4.69, 9.17) is 9.47 Å². The van der Waals surface area contributed by atoms with Crippen molar-refractivity contribution in [3.63, 3.8) is 0 Å². The number of hydrogen-bond acceptors (Lipinski definition) is 7. The van der Waals surface area contributed by atoms with E-state index in [-0.39, 0.29) is 30.3 Å². The number of hydrogen-bond donors (Lipinski definition) is 1. The van der Waals surface area contributed by atoms with E-state index in [1.54, 1.807) is 0 Å². The summed E-state index contributed by atoms with van der Waals surface area (Å²) >= 11 is 0. The second kappa shape index (κ2) is 6.74. The first-order chi connectivity index (χ1) is 14.3. The molecule has 0 aliphatic heterocycles. The minimum atomic E-state index is -1.01. The lowest BCUT2D eigenvalue weighted by atomic mass is 9.39. The van der Waals surface area contributed by atoms with E-state index in [0.29, 0.717) is 18.4 Å². The van der Waals surface area contributed by atoms with Gasteiger partial charge in [-0.3, -0.25) is 19.2 Å². The quantitative estimate of drug-likeness (QED) is 0.527. The van der Waals surface area contributed by atoms with Gasteiger partial charge in [0, 0.05) is 54.8 Å². The lowest BCUT2D eigenvalue weighted by Crippen LogP contribution is -2.71. The highest BCUT2D eigenvalue weighted by Gasteiger charge is 2.75. The molecule has 4 saturated carbocycles. The number of carbonyl (C=O) groups excluding carboxylic acids is 4. The zero-order valence-electron chi connectivity index (χ0n) is 18.9. The smallest absolute Gasteiger partial charge is 0.302 e. The average Bonchev–Trinajstić information content (AvgIpc) is 2.79. The van der Waals surface area contributed by atoms with Crippen LogP contribution < -0.4 is 0 Å². The van der Waals surface area contributed by atoms with Gasteiger partial charge in [0.05, 0.1) is 6.10 Å². The van der Waals surface area contributed by atoms with Crippen molar-refractivity contribution < 1.29 is 33.8 Å². The zero-order chi connectivity index (χ0) is 23.1. The maximum absolute atomic E-state index is 13.7. The van der Waals surface area contributed by atoms with E-state index in [1.807, 2.05) is 20.8 Å². The molecular weight excluding hydrogens is 400 g/mol. The summed E-state index contributed by atoms with van der Waals surface area (Å²) in [6.45, 7) is 12.3. The fraction of sp³-hybridized carbons (Fsp3) is 0.750. The predicted molar refractivity (Wildman–Crippen MR) is 110 cm³/mol. The van der Waals surface area contributed by atoms with Gasteiger partial charge in [-0.2, -0.15) is 0 Å². The molecule has 8 atom stereocenters. The molecule has 4 rings (SSSR count). The van der Waals surface area contributed by atoms with Crippen molar-refractivity contribution in [3.8, 4) is 0 Å². The van der Waals surface area contributed by atoms with Gasteiger partial charge in [0.1, 0.15) is 18.0 Å². The Labute approximate surface area is 182 Å². The van der Waals surface area contributed by atoms with Gasteiger partial charge >= 0.3 is 11.9 Å². The van der Waals surface area contributed by atoms with Gasteiger partial charge in [0.25, 0.3) is 0 Å². The Morgan fingerprint density at radius 2 is 1.68 bits per heavy atom. The number of allylic oxidation sites excluding steroid dienone is 1. The molecule has 4 fully saturated rings. The van der Waals surface area contributed by atoms with E-state index in [0.717, 1.165) is 0 Å². The second-order valence-corrected chi connectivity index (χ2v) is 10.9. The number of aliphatic hydroxyl groups is 1. The minimum Gasteiger partial charge on any atom is -0.462 e. The Bertz CT molecular complexity index is 888. The van der Waals surface area contributed by atoms with Crippen molar-refractivity contribution in [3.05, 3.63) is 12.2 Å². The molecule has 0 radical (unpaired) electrons. The highest BCUT2D eigenvalue weighted by atomic mass is 16.5. The first-order valence-electron chi connectivity index (χ1n) is 11.1. The number of aliphatic hydroxyl groups excluding tert-OH is 1. The summed E-state index contributed by atoms with van der Waals surface area (Å²) in [6, 6.07) is 0. The molecule has 0 aromatic carbocycles. The summed E-state index contributed by atoms with van der Waals surface area (Å²) in [6.07, 6.45) is -1.06. The number of ketones is 2. The zero-order valence-corrected chi connectivity index (χ0v) is 18.9. The predicted octanol–water partition coefficient (Wildman–Crippen LogP) is 2.39. The van der Waals surface area contributed by atoms with Gasteiger partial charge in [0.15, 0.2) is 5.78 Å². The lowest BCUT2D eigenvalue weighted by Gasteiger charge is -2.65. The van der Waals surface area contributed by atoms with Crippen LogP contribution in [0.4, 0.5) is 0 Å². The Kier molecular flexibility index (Phi) is 4.82. The van der Waals surface area contributed by atoms with Crippen LogP contribution in [-0.4, -0.2) is 46.9 Å². The molecule has 0 aromatic rings. The molecule has 4 aliphatic carbocycles. The second-order valence-electron chi connectivity index (χ2n) is 10.9. The van der Waals surface area contributed by atoms with Crippen LogP contribution in [-0.2, 0) is 28.7 Å². The van der Waals surface area contributed by atoms with Crippen LogP contribution >= 0.6 is 0 Å².